The maximum Gasteiger partial charge on any atom is 0.128 e. The van der Waals surface area contributed by atoms with Crippen molar-refractivity contribution in [3.05, 3.63) is 65.2 Å². The number of rotatable bonds is 7. The number of aromatic nitrogens is 1. The molecule has 1 aromatic carbocycles. The third-order valence-corrected chi connectivity index (χ3v) is 4.20. The fourth-order valence-electron chi connectivity index (χ4n) is 2.76. The number of hydrogen-bond acceptors (Lipinski definition) is 3. The Bertz CT molecular complexity index is 614. The fourth-order valence-corrected chi connectivity index (χ4v) is 2.76. The van der Waals surface area contributed by atoms with Crippen molar-refractivity contribution < 1.29 is 9.50 Å². The van der Waals surface area contributed by atoms with E-state index in [1.807, 2.05) is 18.3 Å². The molecule has 4 heteroatoms. The summed E-state index contributed by atoms with van der Waals surface area (Å²) in [6, 6.07) is 11.3. The highest BCUT2D eigenvalue weighted by molar-refractivity contribution is 5.24. The van der Waals surface area contributed by atoms with Crippen molar-refractivity contribution in [2.75, 3.05) is 0 Å². The molecule has 0 saturated heterocycles. The lowest BCUT2D eigenvalue weighted by molar-refractivity contribution is 0.275. The maximum absolute atomic E-state index is 13.4. The first-order chi connectivity index (χ1) is 10.8. The SMILES string of the molecule is OCc1cc(CNC(Cc2ccccn2)C2CC2)ccc1F. The van der Waals surface area contributed by atoms with Crippen molar-refractivity contribution >= 4 is 0 Å². The zero-order valence-corrected chi connectivity index (χ0v) is 12.5. The van der Waals surface area contributed by atoms with Gasteiger partial charge in [-0.25, -0.2) is 4.39 Å². The van der Waals surface area contributed by atoms with Crippen LogP contribution in [0.5, 0.6) is 0 Å². The van der Waals surface area contributed by atoms with Crippen LogP contribution in [0.1, 0.15) is 29.7 Å². The van der Waals surface area contributed by atoms with Crippen molar-refractivity contribution in [2.45, 2.75) is 38.5 Å². The van der Waals surface area contributed by atoms with E-state index in [4.69, 9.17) is 5.11 Å². The van der Waals surface area contributed by atoms with Gasteiger partial charge in [-0.2, -0.15) is 0 Å². The molecule has 1 aromatic heterocycles. The molecule has 116 valence electrons. The summed E-state index contributed by atoms with van der Waals surface area (Å²) >= 11 is 0. The van der Waals surface area contributed by atoms with Gasteiger partial charge in [-0.3, -0.25) is 4.98 Å². The van der Waals surface area contributed by atoms with Gasteiger partial charge in [0.25, 0.3) is 0 Å². The largest absolute Gasteiger partial charge is 0.392 e. The Kier molecular flexibility index (Phi) is 4.80. The quantitative estimate of drug-likeness (QED) is 0.826. The smallest absolute Gasteiger partial charge is 0.128 e. The third kappa shape index (κ3) is 3.90. The first-order valence-electron chi connectivity index (χ1n) is 7.77. The number of benzene rings is 1. The van der Waals surface area contributed by atoms with E-state index in [1.54, 1.807) is 12.1 Å². The molecule has 0 amide bonds. The van der Waals surface area contributed by atoms with Crippen molar-refractivity contribution in [2.24, 2.45) is 5.92 Å². The third-order valence-electron chi connectivity index (χ3n) is 4.20. The van der Waals surface area contributed by atoms with Gasteiger partial charge in [0.2, 0.25) is 0 Å². The summed E-state index contributed by atoms with van der Waals surface area (Å²) < 4.78 is 13.4. The molecule has 1 atom stereocenters. The predicted molar refractivity (Wildman–Crippen MR) is 83.6 cm³/mol. The molecular formula is C18H21FN2O. The van der Waals surface area contributed by atoms with Crippen molar-refractivity contribution in [1.82, 2.24) is 10.3 Å². The molecule has 0 bridgehead atoms. The summed E-state index contributed by atoms with van der Waals surface area (Å²) in [6.07, 6.45) is 5.26. The normalized spacial score (nSPS) is 15.7. The number of nitrogens with one attached hydrogen (secondary N) is 1. The molecule has 0 radical (unpaired) electrons. The van der Waals surface area contributed by atoms with E-state index in [9.17, 15) is 4.39 Å². The average Bonchev–Trinajstić information content (AvgIpc) is 3.38. The molecule has 3 rings (SSSR count). The van der Waals surface area contributed by atoms with Crippen LogP contribution in [0.25, 0.3) is 0 Å². The van der Waals surface area contributed by atoms with E-state index in [0.29, 0.717) is 24.1 Å². The Labute approximate surface area is 130 Å². The summed E-state index contributed by atoms with van der Waals surface area (Å²) in [5, 5.41) is 12.7. The zero-order chi connectivity index (χ0) is 15.4. The van der Waals surface area contributed by atoms with E-state index in [-0.39, 0.29) is 12.4 Å². The van der Waals surface area contributed by atoms with Crippen LogP contribution in [-0.4, -0.2) is 16.1 Å². The minimum Gasteiger partial charge on any atom is -0.392 e. The van der Waals surface area contributed by atoms with E-state index in [2.05, 4.69) is 16.4 Å². The highest BCUT2D eigenvalue weighted by Gasteiger charge is 2.31. The molecular weight excluding hydrogens is 279 g/mol. The lowest BCUT2D eigenvalue weighted by atomic mass is 10.0. The second-order valence-electron chi connectivity index (χ2n) is 5.93. The summed E-state index contributed by atoms with van der Waals surface area (Å²) in [5.74, 6) is 0.359. The molecule has 2 aromatic rings. The monoisotopic (exact) mass is 300 g/mol. The Morgan fingerprint density at radius 1 is 1.27 bits per heavy atom. The molecule has 1 unspecified atom stereocenters. The molecule has 1 heterocycles. The number of nitrogens with zero attached hydrogens (tertiary/aromatic N) is 1. The number of aliphatic hydroxyl groups is 1. The minimum atomic E-state index is -0.349. The van der Waals surface area contributed by atoms with Gasteiger partial charge in [-0.15, -0.1) is 0 Å². The number of halogens is 1. The molecule has 1 fully saturated rings. The van der Waals surface area contributed by atoms with Gasteiger partial charge in [0.1, 0.15) is 5.82 Å². The summed E-state index contributed by atoms with van der Waals surface area (Å²) in [6.45, 7) is 0.418. The molecule has 1 aliphatic carbocycles. The van der Waals surface area contributed by atoms with Crippen LogP contribution in [-0.2, 0) is 19.6 Å². The number of aliphatic hydroxyl groups excluding tert-OH is 1. The van der Waals surface area contributed by atoms with Crippen LogP contribution in [0.15, 0.2) is 42.6 Å². The molecule has 0 spiro atoms. The average molecular weight is 300 g/mol. The van der Waals surface area contributed by atoms with Crippen LogP contribution in [0.4, 0.5) is 4.39 Å². The van der Waals surface area contributed by atoms with Gasteiger partial charge >= 0.3 is 0 Å². The second-order valence-corrected chi connectivity index (χ2v) is 5.93. The predicted octanol–water partition coefficient (Wildman–Crippen LogP) is 2.82. The van der Waals surface area contributed by atoms with E-state index in [1.165, 1.54) is 18.9 Å². The highest BCUT2D eigenvalue weighted by atomic mass is 19.1. The Hall–Kier alpha value is -1.78. The van der Waals surface area contributed by atoms with Crippen LogP contribution < -0.4 is 5.32 Å². The molecule has 1 saturated carbocycles. The second kappa shape index (κ2) is 6.99. The maximum atomic E-state index is 13.4. The first-order valence-corrected chi connectivity index (χ1v) is 7.77. The van der Waals surface area contributed by atoms with E-state index in [0.717, 1.165) is 17.7 Å². The first kappa shape index (κ1) is 15.1. The van der Waals surface area contributed by atoms with Crippen LogP contribution in [0.3, 0.4) is 0 Å². The van der Waals surface area contributed by atoms with Crippen LogP contribution in [0, 0.1) is 11.7 Å². The number of hydrogen-bond donors (Lipinski definition) is 2. The summed E-state index contributed by atoms with van der Waals surface area (Å²) in [5.41, 5.74) is 2.45. The minimum absolute atomic E-state index is 0.264. The van der Waals surface area contributed by atoms with Crippen molar-refractivity contribution in [3.8, 4) is 0 Å². The van der Waals surface area contributed by atoms with Gasteiger partial charge in [0, 0.05) is 36.5 Å². The summed E-state index contributed by atoms with van der Waals surface area (Å²) in [4.78, 5) is 4.40. The van der Waals surface area contributed by atoms with Crippen LogP contribution >= 0.6 is 0 Å². The Morgan fingerprint density at radius 2 is 2.14 bits per heavy atom. The molecule has 3 nitrogen and oxygen atoms in total. The fraction of sp³-hybridized carbons (Fsp3) is 0.389. The zero-order valence-electron chi connectivity index (χ0n) is 12.5. The molecule has 1 aliphatic rings. The molecule has 0 aliphatic heterocycles. The lowest BCUT2D eigenvalue weighted by Gasteiger charge is -2.18. The van der Waals surface area contributed by atoms with E-state index >= 15 is 0 Å². The topological polar surface area (TPSA) is 45.1 Å². The molecule has 2 N–H and O–H groups in total. The molecule has 22 heavy (non-hydrogen) atoms. The Morgan fingerprint density at radius 3 is 2.82 bits per heavy atom. The lowest BCUT2D eigenvalue weighted by Crippen LogP contribution is -2.33. The van der Waals surface area contributed by atoms with Crippen molar-refractivity contribution in [1.29, 1.82) is 0 Å². The van der Waals surface area contributed by atoms with Gasteiger partial charge < -0.3 is 10.4 Å². The van der Waals surface area contributed by atoms with Gasteiger partial charge in [-0.1, -0.05) is 12.1 Å². The van der Waals surface area contributed by atoms with Crippen LogP contribution in [0.2, 0.25) is 0 Å². The van der Waals surface area contributed by atoms with Gasteiger partial charge in [-0.05, 0) is 48.6 Å². The number of pyridine rings is 1. The van der Waals surface area contributed by atoms with Gasteiger partial charge in [0.15, 0.2) is 0 Å². The Balaban J connectivity index is 1.62. The van der Waals surface area contributed by atoms with E-state index < -0.39 is 0 Å². The highest BCUT2D eigenvalue weighted by Crippen LogP contribution is 2.34. The van der Waals surface area contributed by atoms with Crippen molar-refractivity contribution in [3.63, 3.8) is 0 Å². The standard InChI is InChI=1S/C18H21FN2O/c19-17-7-4-13(9-15(17)12-22)11-21-18(14-5-6-14)10-16-3-1-2-8-20-16/h1-4,7-9,14,18,21-22H,5-6,10-12H2. The van der Waals surface area contributed by atoms with Gasteiger partial charge in [0.05, 0.1) is 6.61 Å². The summed E-state index contributed by atoms with van der Waals surface area (Å²) in [7, 11) is 0.